The number of hydrogen-bond donors (Lipinski definition) is 1. The van der Waals surface area contributed by atoms with Crippen LogP contribution in [0.15, 0.2) is 18.2 Å². The summed E-state index contributed by atoms with van der Waals surface area (Å²) in [5.74, 6) is 0.109. The summed E-state index contributed by atoms with van der Waals surface area (Å²) in [4.78, 5) is 11.0. The van der Waals surface area contributed by atoms with Crippen LogP contribution in [0.5, 0.6) is 0 Å². The molecule has 1 heterocycles. The Hall–Kier alpha value is -0.557. The van der Waals surface area contributed by atoms with Crippen LogP contribution in [0.25, 0.3) is 0 Å². The van der Waals surface area contributed by atoms with E-state index in [4.69, 9.17) is 0 Å². The molecule has 0 aliphatic carbocycles. The van der Waals surface area contributed by atoms with Gasteiger partial charge in [-0.15, -0.1) is 0 Å². The van der Waals surface area contributed by atoms with Gasteiger partial charge in [-0.05, 0) is 0 Å². The Morgan fingerprint density at radius 3 is 3.08 bits per heavy atom. The van der Waals surface area contributed by atoms with Crippen molar-refractivity contribution in [3.8, 4) is 0 Å². The Labute approximate surface area is 82.0 Å². The molecule has 0 fully saturated rings. The van der Waals surface area contributed by atoms with Gasteiger partial charge >= 0.3 is 82.1 Å². The SMILES string of the molecule is [CH2]=[Bi][c]1ccc2c(c1)NC(=O)C2. The quantitative estimate of drug-likeness (QED) is 0.703. The molecular formula is C9H8BiNO. The summed E-state index contributed by atoms with van der Waals surface area (Å²) in [6.45, 7) is 0. The third kappa shape index (κ3) is 1.34. The molecule has 0 saturated heterocycles. The molecule has 1 aliphatic heterocycles. The molecule has 1 aromatic carbocycles. The fourth-order valence-corrected chi connectivity index (χ4v) is 2.86. The third-order valence-electron chi connectivity index (χ3n) is 1.90. The van der Waals surface area contributed by atoms with Crippen LogP contribution in [0.2, 0.25) is 0 Å². The van der Waals surface area contributed by atoms with Gasteiger partial charge in [0.2, 0.25) is 0 Å². The Morgan fingerprint density at radius 2 is 2.33 bits per heavy atom. The van der Waals surface area contributed by atoms with Crippen molar-refractivity contribution in [3.63, 3.8) is 0 Å². The molecule has 0 aromatic heterocycles. The van der Waals surface area contributed by atoms with Gasteiger partial charge in [0.1, 0.15) is 0 Å². The van der Waals surface area contributed by atoms with Crippen molar-refractivity contribution in [1.29, 1.82) is 0 Å². The van der Waals surface area contributed by atoms with E-state index in [2.05, 4.69) is 21.7 Å². The normalized spacial score (nSPS) is 13.8. The topological polar surface area (TPSA) is 29.1 Å². The Kier molecular flexibility index (Phi) is 2.06. The number of amides is 1. The Balaban J connectivity index is 2.48. The summed E-state index contributed by atoms with van der Waals surface area (Å²) in [5, 5.41) is 2.83. The number of carbonyl (C=O) groups is 1. The molecule has 0 saturated carbocycles. The fourth-order valence-electron chi connectivity index (χ4n) is 1.30. The molecule has 1 aliphatic rings. The summed E-state index contributed by atoms with van der Waals surface area (Å²) >= 11 is -0.680. The van der Waals surface area contributed by atoms with E-state index in [0.717, 1.165) is 11.3 Å². The van der Waals surface area contributed by atoms with E-state index in [0.29, 0.717) is 6.42 Å². The van der Waals surface area contributed by atoms with Crippen LogP contribution in [0.3, 0.4) is 0 Å². The average molecular weight is 355 g/mol. The Bertz CT molecular complexity index is 360. The molecule has 60 valence electrons. The van der Waals surface area contributed by atoms with E-state index >= 15 is 0 Å². The number of rotatable bonds is 1. The van der Waals surface area contributed by atoms with Crippen molar-refractivity contribution in [3.05, 3.63) is 23.8 Å². The van der Waals surface area contributed by atoms with Crippen LogP contribution in [-0.4, -0.2) is 32.9 Å². The van der Waals surface area contributed by atoms with Crippen LogP contribution >= 0.6 is 0 Å². The van der Waals surface area contributed by atoms with Crippen LogP contribution in [-0.2, 0) is 11.2 Å². The molecule has 2 rings (SSSR count). The minimum absolute atomic E-state index is 0.109. The Morgan fingerprint density at radius 1 is 1.50 bits per heavy atom. The zero-order valence-electron chi connectivity index (χ0n) is 6.50. The van der Waals surface area contributed by atoms with Gasteiger partial charge in [0, 0.05) is 0 Å². The van der Waals surface area contributed by atoms with E-state index in [-0.39, 0.29) is 5.91 Å². The van der Waals surface area contributed by atoms with Crippen molar-refractivity contribution >= 4 is 41.8 Å². The molecule has 2 nitrogen and oxygen atoms in total. The van der Waals surface area contributed by atoms with E-state index in [1.165, 1.54) is 3.27 Å². The van der Waals surface area contributed by atoms with Gasteiger partial charge in [0.05, 0.1) is 0 Å². The summed E-state index contributed by atoms with van der Waals surface area (Å²) in [6.07, 6.45) is 0.541. The van der Waals surface area contributed by atoms with Gasteiger partial charge in [-0.2, -0.15) is 0 Å². The van der Waals surface area contributed by atoms with Gasteiger partial charge < -0.3 is 0 Å². The minimum atomic E-state index is -0.680. The monoisotopic (exact) mass is 355 g/mol. The van der Waals surface area contributed by atoms with Crippen molar-refractivity contribution in [2.45, 2.75) is 6.42 Å². The van der Waals surface area contributed by atoms with Crippen LogP contribution < -0.4 is 8.59 Å². The van der Waals surface area contributed by atoms with E-state index in [9.17, 15) is 4.79 Å². The second-order valence-corrected chi connectivity index (χ2v) is 5.96. The molecule has 3 heteroatoms. The predicted octanol–water partition coefficient (Wildman–Crippen LogP) is -0.0573. The van der Waals surface area contributed by atoms with Gasteiger partial charge in [-0.25, -0.2) is 0 Å². The van der Waals surface area contributed by atoms with Crippen molar-refractivity contribution in [2.24, 2.45) is 0 Å². The maximum absolute atomic E-state index is 11.0. The number of fused-ring (bicyclic) bond motifs is 1. The second kappa shape index (κ2) is 3.06. The van der Waals surface area contributed by atoms with Gasteiger partial charge in [0.15, 0.2) is 0 Å². The predicted molar refractivity (Wildman–Crippen MR) is 51.3 cm³/mol. The second-order valence-electron chi connectivity index (χ2n) is 2.72. The van der Waals surface area contributed by atoms with Crippen molar-refractivity contribution in [1.82, 2.24) is 0 Å². The first-order valence-electron chi connectivity index (χ1n) is 3.69. The first-order chi connectivity index (χ1) is 5.79. The third-order valence-corrected chi connectivity index (χ3v) is 4.40. The molecule has 1 N–H and O–H groups in total. The fraction of sp³-hybridized carbons (Fsp3) is 0.111. The van der Waals surface area contributed by atoms with Crippen LogP contribution in [0.1, 0.15) is 5.56 Å². The summed E-state index contributed by atoms with van der Waals surface area (Å²) in [7, 11) is 0. The summed E-state index contributed by atoms with van der Waals surface area (Å²) in [6, 6.07) is 6.21. The maximum atomic E-state index is 11.0. The number of anilines is 1. The first kappa shape index (κ1) is 8.06. The van der Waals surface area contributed by atoms with E-state index in [1.54, 1.807) is 0 Å². The molecule has 1 aromatic rings. The standard InChI is InChI=1S/C8H6NO.CH2.Bi/c10-8-5-6-3-1-2-4-7(6)9-8;;/h1,3-4H,5H2,(H,9,10);1H2;. The number of benzene rings is 1. The van der Waals surface area contributed by atoms with Crippen molar-refractivity contribution < 1.29 is 4.79 Å². The number of hydrogen-bond acceptors (Lipinski definition) is 1. The zero-order chi connectivity index (χ0) is 8.55. The number of carbonyl (C=O) groups excluding carboxylic acids is 1. The molecule has 0 atom stereocenters. The molecular weight excluding hydrogens is 347 g/mol. The molecule has 12 heavy (non-hydrogen) atoms. The van der Waals surface area contributed by atoms with Gasteiger partial charge in [0.25, 0.3) is 0 Å². The molecule has 0 bridgehead atoms. The molecule has 0 spiro atoms. The summed E-state index contributed by atoms with van der Waals surface area (Å²) in [5.41, 5.74) is 2.13. The zero-order valence-corrected chi connectivity index (χ0v) is 9.98. The van der Waals surface area contributed by atoms with Gasteiger partial charge in [-0.1, -0.05) is 0 Å². The molecule has 1 amide bonds. The van der Waals surface area contributed by atoms with Gasteiger partial charge in [-0.3, -0.25) is 0 Å². The average Bonchev–Trinajstić information content (AvgIpc) is 2.43. The summed E-state index contributed by atoms with van der Waals surface area (Å²) < 4.78 is 5.31. The van der Waals surface area contributed by atoms with E-state index < -0.39 is 22.8 Å². The van der Waals surface area contributed by atoms with E-state index in [1.807, 2.05) is 6.07 Å². The van der Waals surface area contributed by atoms with Crippen molar-refractivity contribution in [2.75, 3.05) is 5.32 Å². The van der Waals surface area contributed by atoms with Crippen LogP contribution in [0.4, 0.5) is 5.69 Å². The number of nitrogens with one attached hydrogen (secondary N) is 1. The van der Waals surface area contributed by atoms with Crippen LogP contribution in [0, 0.1) is 0 Å². The molecule has 0 unspecified atom stereocenters. The molecule has 0 radical (unpaired) electrons. The first-order valence-corrected chi connectivity index (χ1v) is 7.89.